The molecule has 1 amide bonds. The van der Waals surface area contributed by atoms with Gasteiger partial charge in [0.25, 0.3) is 5.91 Å². The van der Waals surface area contributed by atoms with Crippen molar-refractivity contribution in [3.05, 3.63) is 66.4 Å². The van der Waals surface area contributed by atoms with Crippen molar-refractivity contribution < 1.29 is 9.53 Å². The van der Waals surface area contributed by atoms with Crippen molar-refractivity contribution in [3.8, 4) is 22.7 Å². The molecule has 2 N–H and O–H groups in total. The molecule has 0 aliphatic carbocycles. The van der Waals surface area contributed by atoms with Crippen molar-refractivity contribution in [1.29, 1.82) is 0 Å². The lowest BCUT2D eigenvalue weighted by Crippen LogP contribution is -2.45. The first-order valence-electron chi connectivity index (χ1n) is 9.56. The van der Waals surface area contributed by atoms with Gasteiger partial charge in [0.1, 0.15) is 11.4 Å². The Labute approximate surface area is 176 Å². The van der Waals surface area contributed by atoms with Gasteiger partial charge in [-0.25, -0.2) is 4.68 Å². The van der Waals surface area contributed by atoms with Crippen LogP contribution in [0.1, 0.15) is 23.2 Å². The number of amides is 1. The highest BCUT2D eigenvalue weighted by Gasteiger charge is 2.23. The van der Waals surface area contributed by atoms with E-state index in [1.165, 1.54) is 0 Å². The molecule has 3 aromatic rings. The predicted molar refractivity (Wildman–Crippen MR) is 116 cm³/mol. The van der Waals surface area contributed by atoms with Gasteiger partial charge in [-0.2, -0.15) is 5.10 Å². The van der Waals surface area contributed by atoms with Crippen molar-refractivity contribution in [2.45, 2.75) is 18.9 Å². The minimum Gasteiger partial charge on any atom is -0.496 e. The van der Waals surface area contributed by atoms with Crippen LogP contribution in [0.4, 0.5) is 0 Å². The molecule has 2 heterocycles. The fourth-order valence-electron chi connectivity index (χ4n) is 3.53. The first kappa shape index (κ1) is 20.9. The standard InChI is InChI=1S/C22H24N4O2.ClH/c1-28-20-12-6-5-11-18(20)21-19(22(27)24-16-8-7-13-23-14-16)15-26(25-21)17-9-3-2-4-10-17;/h2-6,9-12,15-16,23H,7-8,13-14H2,1H3,(H,24,27);1H/t16-;/m0./s1. The summed E-state index contributed by atoms with van der Waals surface area (Å²) in [5.41, 5.74) is 2.85. The molecular weight excluding hydrogens is 388 g/mol. The van der Waals surface area contributed by atoms with Gasteiger partial charge in [0.05, 0.1) is 18.4 Å². The highest BCUT2D eigenvalue weighted by atomic mass is 35.5. The van der Waals surface area contributed by atoms with E-state index < -0.39 is 0 Å². The molecule has 1 atom stereocenters. The maximum Gasteiger partial charge on any atom is 0.255 e. The molecule has 152 valence electrons. The molecule has 7 heteroatoms. The van der Waals surface area contributed by atoms with Crippen LogP contribution in [-0.4, -0.2) is 41.9 Å². The van der Waals surface area contributed by atoms with Gasteiger partial charge >= 0.3 is 0 Å². The molecule has 0 bridgehead atoms. The Morgan fingerprint density at radius 1 is 1.17 bits per heavy atom. The van der Waals surface area contributed by atoms with Crippen LogP contribution in [0.15, 0.2) is 60.8 Å². The zero-order valence-corrected chi connectivity index (χ0v) is 17.1. The Hall–Kier alpha value is -2.83. The maximum absolute atomic E-state index is 13.1. The number of aromatic nitrogens is 2. The van der Waals surface area contributed by atoms with Crippen molar-refractivity contribution in [2.24, 2.45) is 0 Å². The first-order chi connectivity index (χ1) is 13.8. The quantitative estimate of drug-likeness (QED) is 0.673. The number of piperidine rings is 1. The molecule has 2 aromatic carbocycles. The number of carbonyl (C=O) groups is 1. The van der Waals surface area contributed by atoms with Gasteiger partial charge in [0.15, 0.2) is 0 Å². The van der Waals surface area contributed by atoms with E-state index in [1.54, 1.807) is 18.0 Å². The summed E-state index contributed by atoms with van der Waals surface area (Å²) in [6, 6.07) is 17.6. The number of methoxy groups -OCH3 is 1. The number of carbonyl (C=O) groups excluding carboxylic acids is 1. The van der Waals surface area contributed by atoms with Crippen molar-refractivity contribution in [2.75, 3.05) is 20.2 Å². The Bertz CT molecular complexity index is 952. The summed E-state index contributed by atoms with van der Waals surface area (Å²) in [5.74, 6) is 0.575. The molecule has 1 aromatic heterocycles. The van der Waals surface area contributed by atoms with E-state index in [2.05, 4.69) is 10.6 Å². The summed E-state index contributed by atoms with van der Waals surface area (Å²) in [5, 5.41) is 11.2. The number of nitrogens with one attached hydrogen (secondary N) is 2. The Balaban J connectivity index is 0.00000240. The lowest BCUT2D eigenvalue weighted by Gasteiger charge is -2.23. The second-order valence-electron chi connectivity index (χ2n) is 6.89. The topological polar surface area (TPSA) is 68.2 Å². The molecule has 29 heavy (non-hydrogen) atoms. The summed E-state index contributed by atoms with van der Waals surface area (Å²) in [6.45, 7) is 1.80. The number of para-hydroxylation sites is 2. The highest BCUT2D eigenvalue weighted by molar-refractivity contribution is 6.00. The average molecular weight is 413 g/mol. The Kier molecular flexibility index (Phi) is 6.90. The number of halogens is 1. The van der Waals surface area contributed by atoms with E-state index in [-0.39, 0.29) is 24.4 Å². The zero-order valence-electron chi connectivity index (χ0n) is 16.3. The fraction of sp³-hybridized carbons (Fsp3) is 0.273. The minimum absolute atomic E-state index is 0. The van der Waals surface area contributed by atoms with Gasteiger partial charge in [-0.3, -0.25) is 4.79 Å². The zero-order chi connectivity index (χ0) is 19.3. The Morgan fingerprint density at radius 3 is 2.66 bits per heavy atom. The van der Waals surface area contributed by atoms with Crippen LogP contribution < -0.4 is 15.4 Å². The molecule has 0 spiro atoms. The summed E-state index contributed by atoms with van der Waals surface area (Å²) >= 11 is 0. The molecule has 1 fully saturated rings. The summed E-state index contributed by atoms with van der Waals surface area (Å²) < 4.78 is 7.25. The Morgan fingerprint density at radius 2 is 1.93 bits per heavy atom. The van der Waals surface area contributed by atoms with Crippen LogP contribution in [0.5, 0.6) is 5.75 Å². The third-order valence-corrected chi connectivity index (χ3v) is 4.97. The summed E-state index contributed by atoms with van der Waals surface area (Å²) in [7, 11) is 1.63. The number of ether oxygens (including phenoxy) is 1. The monoisotopic (exact) mass is 412 g/mol. The van der Waals surface area contributed by atoms with E-state index in [0.717, 1.165) is 37.2 Å². The molecule has 0 unspecified atom stereocenters. The van der Waals surface area contributed by atoms with Crippen LogP contribution in [0.3, 0.4) is 0 Å². The van der Waals surface area contributed by atoms with Gasteiger partial charge in [0, 0.05) is 24.3 Å². The molecule has 0 radical (unpaired) electrons. The van der Waals surface area contributed by atoms with Gasteiger partial charge in [-0.15, -0.1) is 12.4 Å². The second-order valence-corrected chi connectivity index (χ2v) is 6.89. The predicted octanol–water partition coefficient (Wildman–Crippen LogP) is 3.45. The summed E-state index contributed by atoms with van der Waals surface area (Å²) in [4.78, 5) is 13.1. The molecule has 1 aliphatic rings. The second kappa shape index (κ2) is 9.58. The van der Waals surface area contributed by atoms with Crippen LogP contribution in [0.2, 0.25) is 0 Å². The number of rotatable bonds is 5. The van der Waals surface area contributed by atoms with Crippen LogP contribution in [0.25, 0.3) is 16.9 Å². The van der Waals surface area contributed by atoms with Crippen LogP contribution in [0, 0.1) is 0 Å². The summed E-state index contributed by atoms with van der Waals surface area (Å²) in [6.07, 6.45) is 3.84. The van der Waals surface area contributed by atoms with Crippen molar-refractivity contribution in [1.82, 2.24) is 20.4 Å². The smallest absolute Gasteiger partial charge is 0.255 e. The van der Waals surface area contributed by atoms with E-state index in [4.69, 9.17) is 9.84 Å². The van der Waals surface area contributed by atoms with Gasteiger partial charge in [-0.05, 0) is 43.7 Å². The third-order valence-electron chi connectivity index (χ3n) is 4.97. The van der Waals surface area contributed by atoms with Gasteiger partial charge in [-0.1, -0.05) is 30.3 Å². The van der Waals surface area contributed by atoms with Crippen LogP contribution in [-0.2, 0) is 0 Å². The van der Waals surface area contributed by atoms with Crippen LogP contribution >= 0.6 is 12.4 Å². The highest BCUT2D eigenvalue weighted by Crippen LogP contribution is 2.31. The number of benzene rings is 2. The van der Waals surface area contributed by atoms with Gasteiger partial charge < -0.3 is 15.4 Å². The van der Waals surface area contributed by atoms with E-state index >= 15 is 0 Å². The SMILES string of the molecule is COc1ccccc1-c1nn(-c2ccccc2)cc1C(=O)N[C@H]1CCCNC1.Cl. The lowest BCUT2D eigenvalue weighted by molar-refractivity contribution is 0.0931. The molecule has 4 rings (SSSR count). The van der Waals surface area contributed by atoms with Gasteiger partial charge in [0.2, 0.25) is 0 Å². The molecule has 6 nitrogen and oxygen atoms in total. The lowest BCUT2D eigenvalue weighted by atomic mass is 10.0. The minimum atomic E-state index is -0.114. The number of hydrogen-bond donors (Lipinski definition) is 2. The molecule has 1 saturated heterocycles. The molecular formula is C22H25ClN4O2. The normalized spacial score (nSPS) is 16.0. The maximum atomic E-state index is 13.1. The first-order valence-corrected chi connectivity index (χ1v) is 9.56. The molecule has 1 aliphatic heterocycles. The largest absolute Gasteiger partial charge is 0.496 e. The van der Waals surface area contributed by atoms with E-state index in [9.17, 15) is 4.79 Å². The van der Waals surface area contributed by atoms with E-state index in [0.29, 0.717) is 17.0 Å². The van der Waals surface area contributed by atoms with E-state index in [1.807, 2.05) is 54.6 Å². The number of nitrogens with zero attached hydrogens (tertiary/aromatic N) is 2. The number of hydrogen-bond acceptors (Lipinski definition) is 4. The third kappa shape index (κ3) is 4.60. The van der Waals surface area contributed by atoms with Crippen molar-refractivity contribution in [3.63, 3.8) is 0 Å². The molecule has 0 saturated carbocycles. The fourth-order valence-corrected chi connectivity index (χ4v) is 3.53. The van der Waals surface area contributed by atoms with Crippen molar-refractivity contribution >= 4 is 18.3 Å². The average Bonchev–Trinajstić information content (AvgIpc) is 3.20.